The van der Waals surface area contributed by atoms with Gasteiger partial charge in [-0.3, -0.25) is 4.79 Å². The van der Waals surface area contributed by atoms with Crippen LogP contribution in [-0.2, 0) is 4.79 Å². The Morgan fingerprint density at radius 3 is 2.59 bits per heavy atom. The number of benzene rings is 1. The number of hydrogen-bond acceptors (Lipinski definition) is 2. The first kappa shape index (κ1) is 19.1. The lowest BCUT2D eigenvalue weighted by atomic mass is 9.60. The van der Waals surface area contributed by atoms with E-state index in [1.165, 1.54) is 6.07 Å². The van der Waals surface area contributed by atoms with E-state index in [4.69, 9.17) is 0 Å². The van der Waals surface area contributed by atoms with Crippen molar-refractivity contribution in [2.75, 3.05) is 0 Å². The minimum Gasteiger partial charge on any atom is -0.481 e. The first-order chi connectivity index (χ1) is 13.0. The van der Waals surface area contributed by atoms with Gasteiger partial charge in [-0.05, 0) is 56.1 Å². The van der Waals surface area contributed by atoms with Crippen LogP contribution in [0, 0.1) is 40.3 Å². The lowest BCUT2D eigenvalue weighted by molar-refractivity contribution is -0.138. The van der Waals surface area contributed by atoms with Gasteiger partial charge >= 0.3 is 5.97 Å². The van der Waals surface area contributed by atoms with Gasteiger partial charge in [-0.25, -0.2) is 4.39 Å². The van der Waals surface area contributed by atoms with Crippen LogP contribution < -0.4 is 0 Å². The van der Waals surface area contributed by atoms with Crippen LogP contribution in [-0.4, -0.2) is 11.1 Å². The molecule has 2 aliphatic rings. The van der Waals surface area contributed by atoms with Gasteiger partial charge in [0.2, 0.25) is 0 Å². The Morgan fingerprint density at radius 1 is 1.30 bits per heavy atom. The van der Waals surface area contributed by atoms with E-state index in [0.29, 0.717) is 17.1 Å². The lowest BCUT2D eigenvalue weighted by Gasteiger charge is -2.41. The number of hydrogen-bond donors (Lipinski definition) is 1. The molecule has 1 aromatic carbocycles. The summed E-state index contributed by atoms with van der Waals surface area (Å²) in [6, 6.07) is 8.75. The van der Waals surface area contributed by atoms with Crippen molar-refractivity contribution in [3.05, 3.63) is 66.0 Å². The van der Waals surface area contributed by atoms with Crippen molar-refractivity contribution in [3.63, 3.8) is 0 Å². The molecule has 1 aromatic rings. The molecular weight excluding hydrogens is 341 g/mol. The molecule has 3 nitrogen and oxygen atoms in total. The monoisotopic (exact) mass is 365 g/mol. The van der Waals surface area contributed by atoms with Gasteiger partial charge in [-0.2, -0.15) is 5.26 Å². The Morgan fingerprint density at radius 2 is 2.00 bits per heavy atom. The zero-order valence-electron chi connectivity index (χ0n) is 15.4. The van der Waals surface area contributed by atoms with Crippen molar-refractivity contribution in [2.45, 2.75) is 32.6 Å². The molecule has 2 atom stereocenters. The molecule has 0 aromatic heterocycles. The summed E-state index contributed by atoms with van der Waals surface area (Å²) in [7, 11) is 0. The van der Waals surface area contributed by atoms with E-state index in [0.717, 1.165) is 25.7 Å². The van der Waals surface area contributed by atoms with Crippen LogP contribution in [0.2, 0.25) is 0 Å². The molecule has 0 radical (unpaired) electrons. The van der Waals surface area contributed by atoms with Crippen molar-refractivity contribution in [1.82, 2.24) is 0 Å². The first-order valence-electron chi connectivity index (χ1n) is 9.45. The van der Waals surface area contributed by atoms with E-state index < -0.39 is 23.1 Å². The van der Waals surface area contributed by atoms with Gasteiger partial charge in [0.05, 0.1) is 12.0 Å². The maximum atomic E-state index is 14.6. The maximum absolute atomic E-state index is 14.6. The lowest BCUT2D eigenvalue weighted by Crippen LogP contribution is -2.34. The second-order valence-electron chi connectivity index (χ2n) is 7.40. The van der Waals surface area contributed by atoms with Crippen LogP contribution >= 0.6 is 0 Å². The summed E-state index contributed by atoms with van der Waals surface area (Å²) in [6.45, 7) is 2.01. The minimum atomic E-state index is -0.997. The van der Waals surface area contributed by atoms with Gasteiger partial charge in [0.15, 0.2) is 0 Å². The summed E-state index contributed by atoms with van der Waals surface area (Å²) in [5.74, 6) is -1.71. The van der Waals surface area contributed by atoms with Crippen LogP contribution in [0.4, 0.5) is 4.39 Å². The largest absolute Gasteiger partial charge is 0.481 e. The second kappa shape index (κ2) is 7.92. The Hall–Kier alpha value is -2.67. The Bertz CT molecular complexity index is 840. The molecule has 0 bridgehead atoms. The van der Waals surface area contributed by atoms with Gasteiger partial charge in [0, 0.05) is 5.56 Å². The molecule has 0 heterocycles. The fourth-order valence-corrected chi connectivity index (χ4v) is 4.45. The number of carboxylic acids is 1. The topological polar surface area (TPSA) is 61.1 Å². The number of allylic oxidation sites excluding steroid dienone is 4. The third kappa shape index (κ3) is 3.60. The average Bonchev–Trinajstić information content (AvgIpc) is 2.69. The highest BCUT2D eigenvalue weighted by Gasteiger charge is 2.45. The molecule has 1 fully saturated rings. The first-order valence-corrected chi connectivity index (χ1v) is 9.45. The summed E-state index contributed by atoms with van der Waals surface area (Å²) in [4.78, 5) is 11.5. The molecule has 2 unspecified atom stereocenters. The van der Waals surface area contributed by atoms with Crippen molar-refractivity contribution in [1.29, 1.82) is 5.26 Å². The Balaban J connectivity index is 2.03. The van der Waals surface area contributed by atoms with Crippen LogP contribution in [0.15, 0.2) is 54.6 Å². The maximum Gasteiger partial charge on any atom is 0.314 e. The highest BCUT2D eigenvalue weighted by Crippen LogP contribution is 2.52. The van der Waals surface area contributed by atoms with Crippen molar-refractivity contribution in [2.24, 2.45) is 23.2 Å². The summed E-state index contributed by atoms with van der Waals surface area (Å²) < 4.78 is 14.6. The molecule has 0 aliphatic heterocycles. The van der Waals surface area contributed by atoms with E-state index in [-0.39, 0.29) is 5.92 Å². The molecule has 2 aliphatic carbocycles. The number of nitrogens with zero attached hydrogens (tertiary/aromatic N) is 1. The molecule has 1 saturated carbocycles. The smallest absolute Gasteiger partial charge is 0.314 e. The highest BCUT2D eigenvalue weighted by atomic mass is 19.1. The van der Waals surface area contributed by atoms with E-state index in [1.807, 2.05) is 6.92 Å². The van der Waals surface area contributed by atoms with Gasteiger partial charge in [0.25, 0.3) is 0 Å². The standard InChI is InChI=1S/C23H24FNO2/c1-2-5-16-8-10-18(11-9-16)23(15-25)13-12-17(22(26)27)14-20(23)19-6-3-4-7-21(19)24/h2-7,12-14,16-18H,8-11H2,1H3,(H,26,27)/b5-2+. The Kier molecular flexibility index (Phi) is 5.60. The van der Waals surface area contributed by atoms with Crippen LogP contribution in [0.3, 0.4) is 0 Å². The summed E-state index contributed by atoms with van der Waals surface area (Å²) in [5.41, 5.74) is -0.174. The molecule has 140 valence electrons. The minimum absolute atomic E-state index is 0.0425. The van der Waals surface area contributed by atoms with Gasteiger partial charge in [0.1, 0.15) is 11.2 Å². The quantitative estimate of drug-likeness (QED) is 0.730. The summed E-state index contributed by atoms with van der Waals surface area (Å²) >= 11 is 0. The molecule has 3 rings (SSSR count). The third-order valence-corrected chi connectivity index (χ3v) is 5.87. The SMILES string of the molecule is C/C=C/C1CCC(C2(C#N)C=CC(C(=O)O)C=C2c2ccccc2F)CC1. The Labute approximate surface area is 159 Å². The highest BCUT2D eigenvalue weighted by molar-refractivity contribution is 5.84. The van der Waals surface area contributed by atoms with Crippen molar-refractivity contribution in [3.8, 4) is 6.07 Å². The fraction of sp³-hybridized carbons (Fsp3) is 0.391. The van der Waals surface area contributed by atoms with Gasteiger partial charge in [-0.1, -0.05) is 48.6 Å². The van der Waals surface area contributed by atoms with Crippen LogP contribution in [0.25, 0.3) is 5.57 Å². The van der Waals surface area contributed by atoms with Crippen molar-refractivity contribution >= 4 is 11.5 Å². The third-order valence-electron chi connectivity index (χ3n) is 5.87. The summed E-state index contributed by atoms with van der Waals surface area (Å²) in [6.07, 6.45) is 12.8. The van der Waals surface area contributed by atoms with E-state index in [1.54, 1.807) is 36.4 Å². The molecule has 1 N–H and O–H groups in total. The number of carboxylic acid groups (broad SMARTS) is 1. The van der Waals surface area contributed by atoms with Gasteiger partial charge in [-0.15, -0.1) is 0 Å². The molecule has 0 saturated heterocycles. The van der Waals surface area contributed by atoms with E-state index >= 15 is 0 Å². The number of aliphatic carboxylic acids is 1. The number of carbonyl (C=O) groups is 1. The fourth-order valence-electron chi connectivity index (χ4n) is 4.45. The van der Waals surface area contributed by atoms with Crippen LogP contribution in [0.1, 0.15) is 38.2 Å². The number of nitriles is 1. The molecular formula is C23H24FNO2. The van der Waals surface area contributed by atoms with E-state index in [9.17, 15) is 19.6 Å². The average molecular weight is 365 g/mol. The predicted octanol–water partition coefficient (Wildman–Crippen LogP) is 5.37. The van der Waals surface area contributed by atoms with Gasteiger partial charge < -0.3 is 5.11 Å². The number of rotatable bonds is 4. The second-order valence-corrected chi connectivity index (χ2v) is 7.40. The number of halogens is 1. The zero-order valence-corrected chi connectivity index (χ0v) is 15.4. The van der Waals surface area contributed by atoms with E-state index in [2.05, 4.69) is 18.2 Å². The normalized spacial score (nSPS) is 30.7. The molecule has 27 heavy (non-hydrogen) atoms. The summed E-state index contributed by atoms with van der Waals surface area (Å²) in [5, 5.41) is 19.6. The molecule has 0 amide bonds. The van der Waals surface area contributed by atoms with Crippen LogP contribution in [0.5, 0.6) is 0 Å². The molecule has 4 heteroatoms. The molecule has 0 spiro atoms. The zero-order chi connectivity index (χ0) is 19.4. The van der Waals surface area contributed by atoms with Crippen molar-refractivity contribution < 1.29 is 14.3 Å². The predicted molar refractivity (Wildman–Crippen MR) is 103 cm³/mol.